The Labute approximate surface area is 143 Å². The SMILES string of the molecule is CCCCCCC(C)NC(=NC)NCCCN(CC)S(C)(=O)=O. The second kappa shape index (κ2) is 12.6. The molecule has 138 valence electrons. The molecule has 0 aliphatic rings. The molecule has 23 heavy (non-hydrogen) atoms. The molecule has 0 saturated carbocycles. The van der Waals surface area contributed by atoms with Gasteiger partial charge in [0.1, 0.15) is 0 Å². The minimum absolute atomic E-state index is 0.390. The van der Waals surface area contributed by atoms with Crippen LogP contribution in [0.1, 0.15) is 59.3 Å². The Kier molecular flexibility index (Phi) is 12.1. The van der Waals surface area contributed by atoms with Crippen molar-refractivity contribution in [3.8, 4) is 0 Å². The molecule has 0 aromatic rings. The quantitative estimate of drug-likeness (QED) is 0.322. The van der Waals surface area contributed by atoms with Crippen LogP contribution in [0.3, 0.4) is 0 Å². The standard InChI is InChI=1S/C16H36N4O2S/c1-6-8-9-10-12-15(3)19-16(17-4)18-13-11-14-20(7-2)23(5,21)22/h15H,6-14H2,1-5H3,(H2,17,18,19). The molecule has 1 unspecified atom stereocenters. The molecular formula is C16H36N4O2S. The van der Waals surface area contributed by atoms with Crippen LogP contribution in [0.4, 0.5) is 0 Å². The zero-order valence-electron chi connectivity index (χ0n) is 15.6. The predicted molar refractivity (Wildman–Crippen MR) is 99.4 cm³/mol. The van der Waals surface area contributed by atoms with Crippen molar-refractivity contribution < 1.29 is 8.42 Å². The molecular weight excluding hydrogens is 312 g/mol. The fourth-order valence-electron chi connectivity index (χ4n) is 2.40. The summed E-state index contributed by atoms with van der Waals surface area (Å²) in [5.41, 5.74) is 0. The molecule has 0 rings (SSSR count). The van der Waals surface area contributed by atoms with Gasteiger partial charge in [-0.3, -0.25) is 4.99 Å². The lowest BCUT2D eigenvalue weighted by Gasteiger charge is -2.20. The average Bonchev–Trinajstić information content (AvgIpc) is 2.49. The zero-order chi connectivity index (χ0) is 17.7. The van der Waals surface area contributed by atoms with E-state index in [9.17, 15) is 8.42 Å². The van der Waals surface area contributed by atoms with Crippen LogP contribution in [-0.2, 0) is 10.0 Å². The highest BCUT2D eigenvalue weighted by Gasteiger charge is 2.13. The largest absolute Gasteiger partial charge is 0.356 e. The van der Waals surface area contributed by atoms with Gasteiger partial charge in [-0.15, -0.1) is 0 Å². The first-order chi connectivity index (χ1) is 10.8. The lowest BCUT2D eigenvalue weighted by atomic mass is 10.1. The van der Waals surface area contributed by atoms with E-state index in [1.807, 2.05) is 6.92 Å². The van der Waals surface area contributed by atoms with E-state index in [0.29, 0.717) is 25.7 Å². The maximum atomic E-state index is 11.5. The molecule has 7 heteroatoms. The lowest BCUT2D eigenvalue weighted by Crippen LogP contribution is -2.43. The third-order valence-corrected chi connectivity index (χ3v) is 5.17. The minimum Gasteiger partial charge on any atom is -0.356 e. The molecule has 0 bridgehead atoms. The number of rotatable bonds is 12. The van der Waals surface area contributed by atoms with Gasteiger partial charge in [-0.1, -0.05) is 39.5 Å². The highest BCUT2D eigenvalue weighted by Crippen LogP contribution is 2.05. The number of nitrogens with one attached hydrogen (secondary N) is 2. The van der Waals surface area contributed by atoms with E-state index in [-0.39, 0.29) is 0 Å². The smallest absolute Gasteiger partial charge is 0.211 e. The molecule has 0 aliphatic carbocycles. The third kappa shape index (κ3) is 11.4. The maximum absolute atomic E-state index is 11.5. The molecule has 6 nitrogen and oxygen atoms in total. The first-order valence-electron chi connectivity index (χ1n) is 8.77. The second-order valence-corrected chi connectivity index (χ2v) is 7.98. The van der Waals surface area contributed by atoms with Crippen molar-refractivity contribution in [3.05, 3.63) is 0 Å². The summed E-state index contributed by atoms with van der Waals surface area (Å²) in [5.74, 6) is 0.787. The highest BCUT2D eigenvalue weighted by atomic mass is 32.2. The van der Waals surface area contributed by atoms with Crippen LogP contribution in [0.15, 0.2) is 4.99 Å². The van der Waals surface area contributed by atoms with Crippen molar-refractivity contribution in [1.29, 1.82) is 0 Å². The van der Waals surface area contributed by atoms with E-state index in [1.165, 1.54) is 36.2 Å². The average molecular weight is 349 g/mol. The van der Waals surface area contributed by atoms with Crippen LogP contribution in [0, 0.1) is 0 Å². The Bertz CT molecular complexity index is 424. The second-order valence-electron chi connectivity index (χ2n) is 6.00. The van der Waals surface area contributed by atoms with Crippen molar-refractivity contribution >= 4 is 16.0 Å². The summed E-state index contributed by atoms with van der Waals surface area (Å²) in [6.45, 7) is 7.99. The monoisotopic (exact) mass is 348 g/mol. The van der Waals surface area contributed by atoms with Gasteiger partial charge in [0.2, 0.25) is 10.0 Å². The first-order valence-corrected chi connectivity index (χ1v) is 10.6. The van der Waals surface area contributed by atoms with Gasteiger partial charge in [-0.25, -0.2) is 12.7 Å². The zero-order valence-corrected chi connectivity index (χ0v) is 16.4. The molecule has 0 fully saturated rings. The number of aliphatic imine (C=N–C) groups is 1. The summed E-state index contributed by atoms with van der Waals surface area (Å²) in [6.07, 6.45) is 8.22. The molecule has 0 aromatic heterocycles. The first kappa shape index (κ1) is 22.2. The van der Waals surface area contributed by atoms with Gasteiger partial charge in [-0.05, 0) is 19.8 Å². The van der Waals surface area contributed by atoms with Crippen molar-refractivity contribution in [1.82, 2.24) is 14.9 Å². The summed E-state index contributed by atoms with van der Waals surface area (Å²) < 4.78 is 24.5. The van der Waals surface area contributed by atoms with E-state index in [2.05, 4.69) is 29.5 Å². The Hall–Kier alpha value is -0.820. The Balaban J connectivity index is 3.98. The summed E-state index contributed by atoms with van der Waals surface area (Å²) in [6, 6.07) is 0.390. The third-order valence-electron chi connectivity index (χ3n) is 3.80. The lowest BCUT2D eigenvalue weighted by molar-refractivity contribution is 0.423. The van der Waals surface area contributed by atoms with E-state index >= 15 is 0 Å². The summed E-state index contributed by atoms with van der Waals surface area (Å²) in [7, 11) is -1.34. The topological polar surface area (TPSA) is 73.8 Å². The fourth-order valence-corrected chi connectivity index (χ4v) is 3.33. The number of nitrogens with zero attached hydrogens (tertiary/aromatic N) is 2. The van der Waals surface area contributed by atoms with Crippen LogP contribution in [0.5, 0.6) is 0 Å². The normalized spacial score (nSPS) is 14.1. The Morgan fingerprint density at radius 3 is 2.39 bits per heavy atom. The molecule has 1 atom stereocenters. The van der Waals surface area contributed by atoms with Gasteiger partial charge >= 0.3 is 0 Å². The fraction of sp³-hybridized carbons (Fsp3) is 0.938. The van der Waals surface area contributed by atoms with Crippen molar-refractivity contribution in [2.24, 2.45) is 4.99 Å². The number of unbranched alkanes of at least 4 members (excludes halogenated alkanes) is 3. The van der Waals surface area contributed by atoms with E-state index in [4.69, 9.17) is 0 Å². The highest BCUT2D eigenvalue weighted by molar-refractivity contribution is 7.88. The summed E-state index contributed by atoms with van der Waals surface area (Å²) in [5, 5.41) is 6.63. The Morgan fingerprint density at radius 2 is 1.87 bits per heavy atom. The van der Waals surface area contributed by atoms with Crippen LogP contribution >= 0.6 is 0 Å². The number of sulfonamides is 1. The van der Waals surface area contributed by atoms with Crippen LogP contribution in [0.25, 0.3) is 0 Å². The van der Waals surface area contributed by atoms with Gasteiger partial charge in [-0.2, -0.15) is 0 Å². The van der Waals surface area contributed by atoms with E-state index < -0.39 is 10.0 Å². The number of hydrogen-bond acceptors (Lipinski definition) is 3. The van der Waals surface area contributed by atoms with Crippen LogP contribution < -0.4 is 10.6 Å². The molecule has 2 N–H and O–H groups in total. The van der Waals surface area contributed by atoms with Gasteiger partial charge in [0.15, 0.2) is 5.96 Å². The predicted octanol–water partition coefficient (Wildman–Crippen LogP) is 2.18. The van der Waals surface area contributed by atoms with E-state index in [0.717, 1.165) is 18.8 Å². The molecule has 0 heterocycles. The number of guanidine groups is 1. The molecule has 0 amide bonds. The maximum Gasteiger partial charge on any atom is 0.211 e. The van der Waals surface area contributed by atoms with Crippen molar-refractivity contribution in [2.45, 2.75) is 65.3 Å². The minimum atomic E-state index is -3.10. The van der Waals surface area contributed by atoms with Crippen molar-refractivity contribution in [3.63, 3.8) is 0 Å². The van der Waals surface area contributed by atoms with E-state index in [1.54, 1.807) is 7.05 Å². The Morgan fingerprint density at radius 1 is 1.17 bits per heavy atom. The molecule has 0 saturated heterocycles. The summed E-state index contributed by atoms with van der Waals surface area (Å²) in [4.78, 5) is 4.22. The summed E-state index contributed by atoms with van der Waals surface area (Å²) >= 11 is 0. The van der Waals surface area contributed by atoms with Crippen molar-refractivity contribution in [2.75, 3.05) is 32.9 Å². The van der Waals surface area contributed by atoms with Crippen LogP contribution in [-0.4, -0.2) is 57.7 Å². The molecule has 0 aliphatic heterocycles. The molecule has 0 aromatic carbocycles. The molecule has 0 spiro atoms. The van der Waals surface area contributed by atoms with Gasteiger partial charge < -0.3 is 10.6 Å². The van der Waals surface area contributed by atoms with Crippen LogP contribution in [0.2, 0.25) is 0 Å². The number of hydrogen-bond donors (Lipinski definition) is 2. The van der Waals surface area contributed by atoms with Gasteiger partial charge in [0, 0.05) is 32.7 Å². The van der Waals surface area contributed by atoms with Gasteiger partial charge in [0.05, 0.1) is 6.26 Å². The molecule has 0 radical (unpaired) electrons. The van der Waals surface area contributed by atoms with Gasteiger partial charge in [0.25, 0.3) is 0 Å².